The molecule has 3 heterocycles. The standard InChI is InChI=1S/C68H49N5/c1-46-26-30-51(31-27-46)69(53-34-38-65-59(42-53)57-22-12-14-24-63(57)71(65)48-16-6-3-7-17-48)55-36-40-67-61(44-55)62-45-56(37-41-68(62)73(67)50-20-10-5-11-21-50)70(52-32-28-47(2)29-33-52)54-35-39-66-60(43-54)58-23-13-15-25-64(58)72(66)49-18-8-4-9-19-49/h3-45H,1-2H3. The molecule has 0 aliphatic heterocycles. The lowest BCUT2D eigenvalue weighted by Gasteiger charge is -2.26. The van der Waals surface area contributed by atoms with Crippen LogP contribution in [0.5, 0.6) is 0 Å². The van der Waals surface area contributed by atoms with Crippen molar-refractivity contribution >= 4 is 99.5 Å². The molecule has 0 fully saturated rings. The molecule has 0 amide bonds. The number of nitrogens with zero attached hydrogens (tertiary/aromatic N) is 5. The van der Waals surface area contributed by atoms with Crippen LogP contribution >= 0.6 is 0 Å². The number of fused-ring (bicyclic) bond motifs is 9. The van der Waals surface area contributed by atoms with Crippen LogP contribution < -0.4 is 9.80 Å². The molecule has 14 rings (SSSR count). The summed E-state index contributed by atoms with van der Waals surface area (Å²) in [6.45, 7) is 4.31. The van der Waals surface area contributed by atoms with Gasteiger partial charge in [0.15, 0.2) is 0 Å². The molecule has 0 N–H and O–H groups in total. The van der Waals surface area contributed by atoms with Crippen LogP contribution in [0, 0.1) is 13.8 Å². The van der Waals surface area contributed by atoms with Crippen LogP contribution in [-0.4, -0.2) is 13.7 Å². The Labute approximate surface area is 423 Å². The first kappa shape index (κ1) is 42.3. The monoisotopic (exact) mass is 935 g/mol. The van der Waals surface area contributed by atoms with E-state index < -0.39 is 0 Å². The van der Waals surface area contributed by atoms with E-state index in [-0.39, 0.29) is 0 Å². The van der Waals surface area contributed by atoms with Crippen LogP contribution in [0.2, 0.25) is 0 Å². The van der Waals surface area contributed by atoms with Gasteiger partial charge in [-0.25, -0.2) is 0 Å². The van der Waals surface area contributed by atoms with E-state index in [4.69, 9.17) is 0 Å². The number of para-hydroxylation sites is 5. The predicted octanol–water partition coefficient (Wildman–Crippen LogP) is 18.5. The highest BCUT2D eigenvalue weighted by Gasteiger charge is 2.23. The number of hydrogen-bond donors (Lipinski definition) is 0. The second kappa shape index (κ2) is 17.1. The van der Waals surface area contributed by atoms with E-state index >= 15 is 0 Å². The second-order valence-corrected chi connectivity index (χ2v) is 19.2. The fourth-order valence-corrected chi connectivity index (χ4v) is 11.3. The SMILES string of the molecule is Cc1ccc(N(c2ccc3c(c2)c2ccccc2n3-c2ccccc2)c2ccc3c(c2)c2cc(N(c4ccc(C)cc4)c4ccc5c(c4)c4ccccc4n5-c4ccccc4)ccc2n3-c2ccccc2)cc1. The van der Waals surface area contributed by atoms with Gasteiger partial charge < -0.3 is 23.5 Å². The van der Waals surface area contributed by atoms with Gasteiger partial charge in [-0.1, -0.05) is 126 Å². The molecule has 5 heteroatoms. The lowest BCUT2D eigenvalue weighted by molar-refractivity contribution is 1.18. The minimum atomic E-state index is 1.08. The number of aryl methyl sites for hydroxylation is 2. The molecule has 0 unspecified atom stereocenters. The van der Waals surface area contributed by atoms with Crippen molar-refractivity contribution in [1.82, 2.24) is 13.7 Å². The first-order chi connectivity index (χ1) is 36.0. The minimum absolute atomic E-state index is 1.08. The summed E-state index contributed by atoms with van der Waals surface area (Å²) in [6, 6.07) is 95.4. The van der Waals surface area contributed by atoms with E-state index in [2.05, 4.69) is 298 Å². The molecule has 0 bridgehead atoms. The molecule has 0 atom stereocenters. The first-order valence-corrected chi connectivity index (χ1v) is 25.1. The summed E-state index contributed by atoms with van der Waals surface area (Å²) in [5.41, 5.74) is 19.4. The summed E-state index contributed by atoms with van der Waals surface area (Å²) in [5.74, 6) is 0. The molecule has 14 aromatic rings. The third-order valence-corrected chi connectivity index (χ3v) is 14.7. The van der Waals surface area contributed by atoms with Crippen molar-refractivity contribution in [2.45, 2.75) is 13.8 Å². The zero-order valence-electron chi connectivity index (χ0n) is 40.6. The normalized spacial score (nSPS) is 11.7. The Morgan fingerprint density at radius 1 is 0.219 bits per heavy atom. The maximum atomic E-state index is 2.42. The van der Waals surface area contributed by atoms with Gasteiger partial charge in [-0.2, -0.15) is 0 Å². The summed E-state index contributed by atoms with van der Waals surface area (Å²) in [4.78, 5) is 4.84. The summed E-state index contributed by atoms with van der Waals surface area (Å²) < 4.78 is 7.18. The van der Waals surface area contributed by atoms with Gasteiger partial charge >= 0.3 is 0 Å². The summed E-state index contributed by atoms with van der Waals surface area (Å²) >= 11 is 0. The lowest BCUT2D eigenvalue weighted by atomic mass is 10.1. The third-order valence-electron chi connectivity index (χ3n) is 14.7. The van der Waals surface area contributed by atoms with Crippen LogP contribution in [0.25, 0.3) is 82.5 Å². The van der Waals surface area contributed by atoms with E-state index in [1.165, 1.54) is 65.5 Å². The van der Waals surface area contributed by atoms with Crippen LogP contribution in [0.3, 0.4) is 0 Å². The number of anilines is 6. The molecule has 0 aliphatic rings. The van der Waals surface area contributed by atoms with Crippen molar-refractivity contribution in [3.8, 4) is 17.1 Å². The van der Waals surface area contributed by atoms with E-state index in [0.717, 1.165) is 62.2 Å². The Kier molecular flexibility index (Phi) is 9.90. The maximum Gasteiger partial charge on any atom is 0.0542 e. The molecular weight excluding hydrogens is 887 g/mol. The molecule has 5 nitrogen and oxygen atoms in total. The van der Waals surface area contributed by atoms with Gasteiger partial charge in [0.2, 0.25) is 0 Å². The Morgan fingerprint density at radius 3 is 0.781 bits per heavy atom. The van der Waals surface area contributed by atoms with Crippen LogP contribution in [-0.2, 0) is 0 Å². The molecule has 0 aliphatic carbocycles. The van der Waals surface area contributed by atoms with Crippen molar-refractivity contribution in [3.63, 3.8) is 0 Å². The zero-order chi connectivity index (χ0) is 48.6. The van der Waals surface area contributed by atoms with Crippen molar-refractivity contribution in [1.29, 1.82) is 0 Å². The van der Waals surface area contributed by atoms with Gasteiger partial charge in [0.05, 0.1) is 33.1 Å². The molecule has 0 radical (unpaired) electrons. The van der Waals surface area contributed by atoms with Gasteiger partial charge in [0.1, 0.15) is 0 Å². The fourth-order valence-electron chi connectivity index (χ4n) is 11.3. The molecule has 346 valence electrons. The maximum absolute atomic E-state index is 2.42. The van der Waals surface area contributed by atoms with Gasteiger partial charge in [-0.15, -0.1) is 0 Å². The second-order valence-electron chi connectivity index (χ2n) is 19.2. The highest BCUT2D eigenvalue weighted by atomic mass is 15.2. The molecule has 0 saturated carbocycles. The van der Waals surface area contributed by atoms with Gasteiger partial charge in [0, 0.05) is 83.5 Å². The van der Waals surface area contributed by atoms with Crippen LogP contribution in [0.1, 0.15) is 11.1 Å². The van der Waals surface area contributed by atoms with Crippen LogP contribution in [0.4, 0.5) is 34.1 Å². The van der Waals surface area contributed by atoms with Crippen molar-refractivity contribution in [2.75, 3.05) is 9.80 Å². The fraction of sp³-hybridized carbons (Fsp3) is 0.0294. The summed E-state index contributed by atoms with van der Waals surface area (Å²) in [7, 11) is 0. The summed E-state index contributed by atoms with van der Waals surface area (Å²) in [6.07, 6.45) is 0. The van der Waals surface area contributed by atoms with Gasteiger partial charge in [0.25, 0.3) is 0 Å². The zero-order valence-corrected chi connectivity index (χ0v) is 40.6. The van der Waals surface area contributed by atoms with Gasteiger partial charge in [-0.05, 0) is 159 Å². The van der Waals surface area contributed by atoms with E-state index in [9.17, 15) is 0 Å². The predicted molar refractivity (Wildman–Crippen MR) is 308 cm³/mol. The molecular formula is C68H49N5. The number of hydrogen-bond acceptors (Lipinski definition) is 2. The number of benzene rings is 11. The van der Waals surface area contributed by atoms with E-state index in [1.54, 1.807) is 0 Å². The highest BCUT2D eigenvalue weighted by molar-refractivity contribution is 6.14. The van der Waals surface area contributed by atoms with E-state index in [0.29, 0.717) is 0 Å². The largest absolute Gasteiger partial charge is 0.310 e. The van der Waals surface area contributed by atoms with Crippen molar-refractivity contribution < 1.29 is 0 Å². The smallest absolute Gasteiger partial charge is 0.0542 e. The topological polar surface area (TPSA) is 21.3 Å². The Balaban J connectivity index is 0.985. The molecule has 0 saturated heterocycles. The van der Waals surface area contributed by atoms with E-state index in [1.807, 2.05) is 0 Å². The third kappa shape index (κ3) is 7.00. The lowest BCUT2D eigenvalue weighted by Crippen LogP contribution is -2.10. The molecule has 73 heavy (non-hydrogen) atoms. The molecule has 0 spiro atoms. The minimum Gasteiger partial charge on any atom is -0.310 e. The Morgan fingerprint density at radius 2 is 0.466 bits per heavy atom. The average Bonchev–Trinajstić information content (AvgIpc) is 4.08. The Bertz CT molecular complexity index is 4110. The highest BCUT2D eigenvalue weighted by Crippen LogP contribution is 2.45. The van der Waals surface area contributed by atoms with Crippen LogP contribution in [0.15, 0.2) is 261 Å². The average molecular weight is 936 g/mol. The molecule has 11 aromatic carbocycles. The quantitative estimate of drug-likeness (QED) is 0.144. The molecule has 3 aromatic heterocycles. The summed E-state index contributed by atoms with van der Waals surface area (Å²) in [5, 5.41) is 7.20. The number of aromatic nitrogens is 3. The van der Waals surface area contributed by atoms with Crippen molar-refractivity contribution in [3.05, 3.63) is 272 Å². The number of rotatable bonds is 9. The van der Waals surface area contributed by atoms with Crippen molar-refractivity contribution in [2.24, 2.45) is 0 Å². The van der Waals surface area contributed by atoms with Gasteiger partial charge in [-0.3, -0.25) is 0 Å². The first-order valence-electron chi connectivity index (χ1n) is 25.1. The Hall–Kier alpha value is -9.58.